The number of rotatable bonds is 2. The van der Waals surface area contributed by atoms with Gasteiger partial charge >= 0.3 is 0 Å². The number of amidine groups is 1. The minimum atomic E-state index is -0.482. The molecule has 0 atom stereocenters. The lowest BCUT2D eigenvalue weighted by molar-refractivity contribution is 0.1000. The van der Waals surface area contributed by atoms with Crippen LogP contribution in [-0.4, -0.2) is 29.8 Å². The number of hydrogen-bond acceptors (Lipinski definition) is 4. The summed E-state index contributed by atoms with van der Waals surface area (Å²) in [5.41, 5.74) is 6.16. The van der Waals surface area contributed by atoms with E-state index < -0.39 is 5.91 Å². The summed E-state index contributed by atoms with van der Waals surface area (Å²) < 4.78 is 0. The first-order valence-electron chi connectivity index (χ1n) is 4.32. The maximum Gasteiger partial charge on any atom is 0.251 e. The Morgan fingerprint density at radius 2 is 2.43 bits per heavy atom. The summed E-state index contributed by atoms with van der Waals surface area (Å²) in [7, 11) is 0. The van der Waals surface area contributed by atoms with E-state index in [9.17, 15) is 4.79 Å². The Morgan fingerprint density at radius 1 is 1.57 bits per heavy atom. The number of amides is 1. The number of carbonyl (C=O) groups excluding carboxylic acids is 1. The lowest BCUT2D eigenvalue weighted by Crippen LogP contribution is -2.25. The van der Waals surface area contributed by atoms with Crippen LogP contribution in [0.1, 0.15) is 16.1 Å². The molecule has 1 aliphatic rings. The molecule has 3 N–H and O–H groups in total. The third-order valence-electron chi connectivity index (χ3n) is 1.97. The fraction of sp³-hybridized carbons (Fsp3) is 0.222. The molecule has 0 radical (unpaired) electrons. The van der Waals surface area contributed by atoms with Gasteiger partial charge in [-0.3, -0.25) is 14.8 Å². The van der Waals surface area contributed by atoms with Crippen LogP contribution < -0.4 is 11.1 Å². The number of carbonyl (C=O) groups is 1. The van der Waals surface area contributed by atoms with Crippen LogP contribution in [0, 0.1) is 0 Å². The van der Waals surface area contributed by atoms with Gasteiger partial charge in [-0.05, 0) is 12.1 Å². The summed E-state index contributed by atoms with van der Waals surface area (Å²) in [5, 5.41) is 3.05. The number of aliphatic imine (C=N–C) groups is 1. The van der Waals surface area contributed by atoms with Crippen molar-refractivity contribution in [1.29, 1.82) is 0 Å². The molecule has 1 aromatic rings. The Kier molecular flexibility index (Phi) is 2.14. The molecule has 0 aromatic carbocycles. The molecule has 0 bridgehead atoms. The van der Waals surface area contributed by atoms with Crippen LogP contribution in [0.25, 0.3) is 0 Å². The summed E-state index contributed by atoms with van der Waals surface area (Å²) in [5.74, 6) is 0.170. The normalized spacial score (nSPS) is 14.7. The van der Waals surface area contributed by atoms with E-state index in [1.54, 1.807) is 18.3 Å². The fourth-order valence-electron chi connectivity index (χ4n) is 1.35. The van der Waals surface area contributed by atoms with Crippen LogP contribution in [0.4, 0.5) is 0 Å². The van der Waals surface area contributed by atoms with Crippen molar-refractivity contribution in [3.63, 3.8) is 0 Å². The van der Waals surface area contributed by atoms with Crippen molar-refractivity contribution in [3.8, 4) is 0 Å². The third kappa shape index (κ3) is 1.44. The predicted molar refractivity (Wildman–Crippen MR) is 52.2 cm³/mol. The molecular weight excluding hydrogens is 180 g/mol. The molecule has 5 nitrogen and oxygen atoms in total. The number of hydrogen-bond donors (Lipinski definition) is 2. The molecule has 1 aliphatic heterocycles. The van der Waals surface area contributed by atoms with Gasteiger partial charge in [-0.1, -0.05) is 0 Å². The highest BCUT2D eigenvalue weighted by atomic mass is 16.1. The van der Waals surface area contributed by atoms with Crippen LogP contribution in [-0.2, 0) is 0 Å². The van der Waals surface area contributed by atoms with Crippen molar-refractivity contribution in [3.05, 3.63) is 29.6 Å². The smallest absolute Gasteiger partial charge is 0.251 e. The molecule has 0 fully saturated rings. The standard InChI is InChI=1S/C9H10N4O/c10-8(14)6-2-1-3-11-7(6)9-12-4-5-13-9/h1-3H,4-5H2,(H2,10,14)(H,12,13). The first-order valence-corrected chi connectivity index (χ1v) is 4.32. The summed E-state index contributed by atoms with van der Waals surface area (Å²) in [6.45, 7) is 1.49. The molecule has 5 heteroatoms. The van der Waals surface area contributed by atoms with Crippen molar-refractivity contribution >= 4 is 11.7 Å². The van der Waals surface area contributed by atoms with Crippen LogP contribution in [0.2, 0.25) is 0 Å². The molecule has 2 rings (SSSR count). The molecular formula is C9H10N4O. The summed E-state index contributed by atoms with van der Waals surface area (Å²) in [6, 6.07) is 3.33. The van der Waals surface area contributed by atoms with E-state index in [1.165, 1.54) is 0 Å². The Labute approximate surface area is 81.1 Å². The van der Waals surface area contributed by atoms with Crippen molar-refractivity contribution in [1.82, 2.24) is 10.3 Å². The van der Waals surface area contributed by atoms with Gasteiger partial charge in [-0.15, -0.1) is 0 Å². The van der Waals surface area contributed by atoms with Crippen LogP contribution in [0.15, 0.2) is 23.3 Å². The Bertz CT molecular complexity index is 400. The van der Waals surface area contributed by atoms with Gasteiger partial charge < -0.3 is 11.1 Å². The third-order valence-corrected chi connectivity index (χ3v) is 1.97. The average Bonchev–Trinajstić information content (AvgIpc) is 2.70. The van der Waals surface area contributed by atoms with Gasteiger partial charge in [0, 0.05) is 12.7 Å². The molecule has 1 amide bonds. The molecule has 0 aliphatic carbocycles. The van der Waals surface area contributed by atoms with E-state index in [-0.39, 0.29) is 0 Å². The van der Waals surface area contributed by atoms with Crippen molar-refractivity contribution < 1.29 is 4.79 Å². The van der Waals surface area contributed by atoms with E-state index in [1.807, 2.05) is 0 Å². The maximum atomic E-state index is 11.1. The van der Waals surface area contributed by atoms with Gasteiger partial charge in [0.15, 0.2) is 0 Å². The van der Waals surface area contributed by atoms with Crippen LogP contribution >= 0.6 is 0 Å². The van der Waals surface area contributed by atoms with E-state index >= 15 is 0 Å². The lowest BCUT2D eigenvalue weighted by atomic mass is 10.1. The minimum Gasteiger partial charge on any atom is -0.367 e. The number of nitrogens with two attached hydrogens (primary N) is 1. The second-order valence-corrected chi connectivity index (χ2v) is 2.92. The van der Waals surface area contributed by atoms with E-state index in [2.05, 4.69) is 15.3 Å². The number of pyridine rings is 1. The summed E-state index contributed by atoms with van der Waals surface area (Å²) in [4.78, 5) is 19.3. The second-order valence-electron chi connectivity index (χ2n) is 2.92. The zero-order chi connectivity index (χ0) is 9.97. The van der Waals surface area contributed by atoms with Gasteiger partial charge in [0.2, 0.25) is 0 Å². The SMILES string of the molecule is NC(=O)c1cccnc1C1=NCCN1. The zero-order valence-corrected chi connectivity index (χ0v) is 7.53. The summed E-state index contributed by atoms with van der Waals surface area (Å²) in [6.07, 6.45) is 1.62. The van der Waals surface area contributed by atoms with Gasteiger partial charge in [0.05, 0.1) is 12.1 Å². The fourth-order valence-corrected chi connectivity index (χ4v) is 1.35. The van der Waals surface area contributed by atoms with E-state index in [0.717, 1.165) is 6.54 Å². The monoisotopic (exact) mass is 190 g/mol. The number of nitrogens with zero attached hydrogens (tertiary/aromatic N) is 2. The molecule has 1 aromatic heterocycles. The van der Waals surface area contributed by atoms with Crippen LogP contribution in [0.5, 0.6) is 0 Å². The van der Waals surface area contributed by atoms with Crippen molar-refractivity contribution in [2.24, 2.45) is 10.7 Å². The van der Waals surface area contributed by atoms with Crippen LogP contribution in [0.3, 0.4) is 0 Å². The molecule has 0 spiro atoms. The number of aromatic nitrogens is 1. The zero-order valence-electron chi connectivity index (χ0n) is 7.53. The maximum absolute atomic E-state index is 11.1. The van der Waals surface area contributed by atoms with E-state index in [0.29, 0.717) is 23.6 Å². The van der Waals surface area contributed by atoms with Gasteiger partial charge in [0.25, 0.3) is 5.91 Å². The first kappa shape index (κ1) is 8.68. The topological polar surface area (TPSA) is 80.4 Å². The summed E-state index contributed by atoms with van der Waals surface area (Å²) >= 11 is 0. The van der Waals surface area contributed by atoms with Crippen molar-refractivity contribution in [2.45, 2.75) is 0 Å². The predicted octanol–water partition coefficient (Wildman–Crippen LogP) is -0.470. The highest BCUT2D eigenvalue weighted by Crippen LogP contribution is 2.06. The highest BCUT2D eigenvalue weighted by Gasteiger charge is 2.16. The Hall–Kier alpha value is -1.91. The molecule has 0 saturated heterocycles. The minimum absolute atomic E-state index is 0.403. The molecule has 0 saturated carbocycles. The van der Waals surface area contributed by atoms with Gasteiger partial charge in [0.1, 0.15) is 11.5 Å². The largest absolute Gasteiger partial charge is 0.367 e. The second kappa shape index (κ2) is 3.45. The quantitative estimate of drug-likeness (QED) is 0.661. The lowest BCUT2D eigenvalue weighted by Gasteiger charge is -2.04. The average molecular weight is 190 g/mol. The molecule has 2 heterocycles. The Morgan fingerprint density at radius 3 is 3.07 bits per heavy atom. The van der Waals surface area contributed by atoms with Gasteiger partial charge in [-0.25, -0.2) is 0 Å². The number of primary amides is 1. The Balaban J connectivity index is 2.46. The highest BCUT2D eigenvalue weighted by molar-refractivity contribution is 6.07. The molecule has 0 unspecified atom stereocenters. The molecule has 14 heavy (non-hydrogen) atoms. The molecule has 72 valence electrons. The number of nitrogens with one attached hydrogen (secondary N) is 1. The first-order chi connectivity index (χ1) is 6.79. The van der Waals surface area contributed by atoms with Gasteiger partial charge in [-0.2, -0.15) is 0 Å². The van der Waals surface area contributed by atoms with E-state index in [4.69, 9.17) is 5.73 Å². The van der Waals surface area contributed by atoms with Crippen molar-refractivity contribution in [2.75, 3.05) is 13.1 Å².